The molecule has 1 heterocycles. The molecule has 0 spiro atoms. The van der Waals surface area contributed by atoms with E-state index in [-0.39, 0.29) is 30.1 Å². The summed E-state index contributed by atoms with van der Waals surface area (Å²) in [7, 11) is 0. The monoisotopic (exact) mass is 472 g/mol. The number of hydrogen-bond donors (Lipinski definition) is 2. The van der Waals surface area contributed by atoms with Crippen LogP contribution < -0.4 is 10.1 Å². The second kappa shape index (κ2) is 9.51. The van der Waals surface area contributed by atoms with Gasteiger partial charge in [-0.15, -0.1) is 0 Å². The lowest BCUT2D eigenvalue weighted by atomic mass is 10.0. The topological polar surface area (TPSA) is 121 Å². The highest BCUT2D eigenvalue weighted by atomic mass is 16.5. The van der Waals surface area contributed by atoms with Crippen LogP contribution in [-0.4, -0.2) is 33.4 Å². The number of carbonyl (C=O) groups excluding carboxylic acids is 1. The Morgan fingerprint density at radius 2 is 2.11 bits per heavy atom. The molecule has 1 aromatic heterocycles. The van der Waals surface area contributed by atoms with Gasteiger partial charge in [-0.3, -0.25) is 4.79 Å². The van der Waals surface area contributed by atoms with Gasteiger partial charge in [0.15, 0.2) is 0 Å². The van der Waals surface area contributed by atoms with E-state index in [1.807, 2.05) is 32.0 Å². The highest BCUT2D eigenvalue weighted by Crippen LogP contribution is 2.38. The molecule has 0 radical (unpaired) electrons. The number of fused-ring (bicyclic) bond motifs is 1. The summed E-state index contributed by atoms with van der Waals surface area (Å²) in [5.41, 5.74) is 4.11. The summed E-state index contributed by atoms with van der Waals surface area (Å²) in [6, 6.07) is 13.3. The van der Waals surface area contributed by atoms with E-state index >= 15 is 0 Å². The summed E-state index contributed by atoms with van der Waals surface area (Å²) in [5, 5.41) is 26.7. The van der Waals surface area contributed by atoms with Crippen molar-refractivity contribution in [3.63, 3.8) is 0 Å². The quantitative estimate of drug-likeness (QED) is 0.548. The number of ether oxygens (including phenoxy) is 1. The molecule has 1 saturated carbocycles. The number of aliphatic hydroxyl groups excluding tert-OH is 1. The Bertz CT molecular complexity index is 1290. The first-order valence-corrected chi connectivity index (χ1v) is 12.1. The minimum absolute atomic E-state index is 0.0184. The van der Waals surface area contributed by atoms with E-state index in [1.165, 1.54) is 0 Å². The van der Waals surface area contributed by atoms with E-state index in [0.717, 1.165) is 36.0 Å². The number of nitrogens with one attached hydrogen (secondary N) is 1. The third-order valence-electron chi connectivity index (χ3n) is 6.74. The van der Waals surface area contributed by atoms with Crippen molar-refractivity contribution in [3.8, 4) is 34.7 Å². The highest BCUT2D eigenvalue weighted by Gasteiger charge is 2.33. The zero-order chi connectivity index (χ0) is 24.5. The standard InChI is InChI=1S/C27H28N4O4/c1-15(2)34-24-11-7-17(12-18(24)14-28)27-30-25(31-35-27)22-5-3-4-21-20(22)9-10-23(21)29-26(33)16-6-8-19(32)13-16/h3-5,7,11-12,15-16,19,23,32H,6,8-10,13H2,1-2H3,(H,29,33)/t16?,19-,23+/m1/s1. The summed E-state index contributed by atoms with van der Waals surface area (Å²) in [6.45, 7) is 3.82. The first kappa shape index (κ1) is 23.1. The van der Waals surface area contributed by atoms with Crippen molar-refractivity contribution in [2.45, 2.75) is 64.2 Å². The van der Waals surface area contributed by atoms with Gasteiger partial charge >= 0.3 is 0 Å². The Labute approximate surface area is 203 Å². The molecule has 2 aliphatic carbocycles. The lowest BCUT2D eigenvalue weighted by Gasteiger charge is -2.17. The van der Waals surface area contributed by atoms with Gasteiger partial charge in [-0.05, 0) is 75.3 Å². The number of carbonyl (C=O) groups is 1. The Morgan fingerprint density at radius 1 is 1.26 bits per heavy atom. The maximum Gasteiger partial charge on any atom is 0.258 e. The molecule has 8 nitrogen and oxygen atoms in total. The first-order chi connectivity index (χ1) is 16.9. The van der Waals surface area contributed by atoms with E-state index in [4.69, 9.17) is 9.26 Å². The van der Waals surface area contributed by atoms with Gasteiger partial charge in [0.05, 0.1) is 23.8 Å². The van der Waals surface area contributed by atoms with Gasteiger partial charge in [-0.1, -0.05) is 23.4 Å². The minimum Gasteiger partial charge on any atom is -0.490 e. The molecular weight excluding hydrogens is 444 g/mol. The smallest absolute Gasteiger partial charge is 0.258 e. The number of aliphatic hydroxyl groups is 1. The van der Waals surface area contributed by atoms with Crippen molar-refractivity contribution in [2.24, 2.45) is 5.92 Å². The zero-order valence-corrected chi connectivity index (χ0v) is 19.8. The van der Waals surface area contributed by atoms with Gasteiger partial charge in [-0.25, -0.2) is 0 Å². The SMILES string of the molecule is CC(C)Oc1ccc(-c2nc(-c3cccc4c3CC[C@@H]4NC(=O)C3CC[C@@H](O)C3)no2)cc1C#N. The largest absolute Gasteiger partial charge is 0.490 e. The van der Waals surface area contributed by atoms with Gasteiger partial charge in [0.2, 0.25) is 11.7 Å². The van der Waals surface area contributed by atoms with Crippen molar-refractivity contribution >= 4 is 5.91 Å². The van der Waals surface area contributed by atoms with Crippen LogP contribution in [0.1, 0.15) is 62.3 Å². The second-order valence-electron chi connectivity index (χ2n) is 9.55. The minimum atomic E-state index is -0.371. The third kappa shape index (κ3) is 4.64. The van der Waals surface area contributed by atoms with Crippen LogP contribution in [0.4, 0.5) is 0 Å². The van der Waals surface area contributed by atoms with Crippen LogP contribution in [0, 0.1) is 17.2 Å². The molecular formula is C27H28N4O4. The number of rotatable bonds is 6. The molecule has 0 aliphatic heterocycles. The van der Waals surface area contributed by atoms with E-state index < -0.39 is 0 Å². The van der Waals surface area contributed by atoms with Gasteiger partial charge in [0.1, 0.15) is 11.8 Å². The summed E-state index contributed by atoms with van der Waals surface area (Å²) in [4.78, 5) is 17.3. The second-order valence-corrected chi connectivity index (χ2v) is 9.55. The van der Waals surface area contributed by atoms with Crippen LogP contribution in [-0.2, 0) is 11.2 Å². The van der Waals surface area contributed by atoms with E-state index in [9.17, 15) is 15.2 Å². The van der Waals surface area contributed by atoms with E-state index in [1.54, 1.807) is 18.2 Å². The average Bonchev–Trinajstić information content (AvgIpc) is 3.59. The number of nitrogens with zero attached hydrogens (tertiary/aromatic N) is 3. The summed E-state index contributed by atoms with van der Waals surface area (Å²) >= 11 is 0. The van der Waals surface area contributed by atoms with Gasteiger partial charge in [0, 0.05) is 17.0 Å². The molecule has 2 aromatic carbocycles. The Morgan fingerprint density at radius 3 is 2.86 bits per heavy atom. The molecule has 3 atom stereocenters. The highest BCUT2D eigenvalue weighted by molar-refractivity contribution is 5.80. The summed E-state index contributed by atoms with van der Waals surface area (Å²) in [6.07, 6.45) is 3.15. The normalized spacial score (nSPS) is 21.1. The maximum atomic E-state index is 12.7. The van der Waals surface area contributed by atoms with Gasteiger partial charge < -0.3 is 19.7 Å². The molecule has 5 rings (SSSR count). The fourth-order valence-corrected chi connectivity index (χ4v) is 5.06. The Kier molecular flexibility index (Phi) is 6.27. The molecule has 35 heavy (non-hydrogen) atoms. The summed E-state index contributed by atoms with van der Waals surface area (Å²) in [5.74, 6) is 1.22. The molecule has 1 amide bonds. The van der Waals surface area contributed by atoms with Gasteiger partial charge in [0.25, 0.3) is 5.89 Å². The molecule has 2 N–H and O–H groups in total. The molecule has 2 aliphatic rings. The zero-order valence-electron chi connectivity index (χ0n) is 19.8. The number of aromatic nitrogens is 2. The third-order valence-corrected chi connectivity index (χ3v) is 6.74. The predicted molar refractivity (Wildman–Crippen MR) is 128 cm³/mol. The number of benzene rings is 2. The van der Waals surface area contributed by atoms with Crippen LogP contribution in [0.5, 0.6) is 5.75 Å². The predicted octanol–water partition coefficient (Wildman–Crippen LogP) is 4.33. The van der Waals surface area contributed by atoms with Crippen molar-refractivity contribution < 1.29 is 19.2 Å². The van der Waals surface area contributed by atoms with Crippen LogP contribution in [0.25, 0.3) is 22.8 Å². The lowest BCUT2D eigenvalue weighted by Crippen LogP contribution is -2.32. The van der Waals surface area contributed by atoms with Gasteiger partial charge in [-0.2, -0.15) is 10.2 Å². The maximum absolute atomic E-state index is 12.7. The van der Waals surface area contributed by atoms with Crippen LogP contribution in [0.2, 0.25) is 0 Å². The Hall–Kier alpha value is -3.70. The van der Waals surface area contributed by atoms with Crippen molar-refractivity contribution in [1.29, 1.82) is 5.26 Å². The average molecular weight is 473 g/mol. The van der Waals surface area contributed by atoms with Crippen LogP contribution in [0.15, 0.2) is 40.9 Å². The van der Waals surface area contributed by atoms with Crippen molar-refractivity contribution in [2.75, 3.05) is 0 Å². The van der Waals surface area contributed by atoms with Crippen LogP contribution >= 0.6 is 0 Å². The molecule has 0 saturated heterocycles. The fraction of sp³-hybridized carbons (Fsp3) is 0.407. The van der Waals surface area contributed by atoms with Crippen molar-refractivity contribution in [1.82, 2.24) is 15.5 Å². The molecule has 180 valence electrons. The lowest BCUT2D eigenvalue weighted by molar-refractivity contribution is -0.125. The number of amides is 1. The molecule has 8 heteroatoms. The van der Waals surface area contributed by atoms with E-state index in [2.05, 4.69) is 21.5 Å². The Balaban J connectivity index is 1.37. The first-order valence-electron chi connectivity index (χ1n) is 12.1. The fourth-order valence-electron chi connectivity index (χ4n) is 5.06. The van der Waals surface area contributed by atoms with Crippen LogP contribution in [0.3, 0.4) is 0 Å². The van der Waals surface area contributed by atoms with Crippen molar-refractivity contribution in [3.05, 3.63) is 53.1 Å². The number of nitriles is 1. The van der Waals surface area contributed by atoms with E-state index in [0.29, 0.717) is 41.4 Å². The molecule has 0 bridgehead atoms. The molecule has 1 fully saturated rings. The molecule has 1 unspecified atom stereocenters. The summed E-state index contributed by atoms with van der Waals surface area (Å²) < 4.78 is 11.2. The number of hydrogen-bond acceptors (Lipinski definition) is 7. The molecule has 3 aromatic rings.